The molecule has 0 fully saturated rings. The van der Waals surface area contributed by atoms with E-state index in [1.54, 1.807) is 20.1 Å². The van der Waals surface area contributed by atoms with Gasteiger partial charge in [-0.05, 0) is 6.92 Å². The van der Waals surface area contributed by atoms with Crippen LogP contribution in [-0.4, -0.2) is 31.3 Å². The Labute approximate surface area is 82.1 Å². The molecule has 0 saturated carbocycles. The second kappa shape index (κ2) is 5.36. The number of aliphatic imine (C=N–C) groups is 1. The first kappa shape index (κ1) is 10.7. The minimum Gasteiger partial charge on any atom is -0.383 e. The Morgan fingerprint density at radius 2 is 2.57 bits per heavy atom. The first-order chi connectivity index (χ1) is 6.77. The number of amidine groups is 1. The van der Waals surface area contributed by atoms with E-state index in [4.69, 9.17) is 15.1 Å². The van der Waals surface area contributed by atoms with Crippen molar-refractivity contribution in [3.05, 3.63) is 17.5 Å². The molecule has 0 aromatic carbocycles. The molecule has 1 heterocycles. The number of nitrogens with two attached hydrogens (primary N) is 1. The molecule has 0 aliphatic heterocycles. The summed E-state index contributed by atoms with van der Waals surface area (Å²) in [6, 6.07) is 1.76. The molecule has 6 heteroatoms. The molecule has 0 atom stereocenters. The molecule has 1 rings (SSSR count). The second-order valence-electron chi connectivity index (χ2n) is 2.69. The normalized spacial score (nSPS) is 11.8. The Balaban J connectivity index is 2.66. The Hall–Kier alpha value is -1.40. The van der Waals surface area contributed by atoms with E-state index < -0.39 is 0 Å². The number of aromatic nitrogens is 1. The van der Waals surface area contributed by atoms with Gasteiger partial charge in [-0.15, -0.1) is 0 Å². The highest BCUT2D eigenvalue weighted by Gasteiger charge is 2.06. The van der Waals surface area contributed by atoms with Crippen LogP contribution in [0.4, 0.5) is 0 Å². The summed E-state index contributed by atoms with van der Waals surface area (Å²) in [5.41, 5.74) is 3.06. The van der Waals surface area contributed by atoms with Gasteiger partial charge in [-0.3, -0.25) is 4.99 Å². The fourth-order valence-corrected chi connectivity index (χ4v) is 0.927. The van der Waals surface area contributed by atoms with Gasteiger partial charge in [-0.2, -0.15) is 0 Å². The van der Waals surface area contributed by atoms with E-state index in [-0.39, 0.29) is 0 Å². The van der Waals surface area contributed by atoms with E-state index in [9.17, 15) is 0 Å². The highest BCUT2D eigenvalue weighted by molar-refractivity contribution is 5.96. The molecule has 0 saturated heterocycles. The SMILES string of the molecule is COCCN=C(NN)c1cc(C)on1. The lowest BCUT2D eigenvalue weighted by molar-refractivity contribution is 0.208. The molecule has 3 N–H and O–H groups in total. The lowest BCUT2D eigenvalue weighted by Gasteiger charge is -2.00. The van der Waals surface area contributed by atoms with Crippen molar-refractivity contribution in [2.45, 2.75) is 6.92 Å². The average Bonchev–Trinajstić information content (AvgIpc) is 2.60. The minimum absolute atomic E-state index is 0.499. The number of nitrogens with zero attached hydrogens (tertiary/aromatic N) is 2. The second-order valence-corrected chi connectivity index (χ2v) is 2.69. The predicted octanol–water partition coefficient (Wildman–Crippen LogP) is -0.161. The number of hydrogen-bond donors (Lipinski definition) is 2. The van der Waals surface area contributed by atoms with Crippen LogP contribution in [0.3, 0.4) is 0 Å². The van der Waals surface area contributed by atoms with Gasteiger partial charge in [0.05, 0.1) is 13.2 Å². The van der Waals surface area contributed by atoms with Crippen molar-refractivity contribution in [1.82, 2.24) is 10.6 Å². The summed E-state index contributed by atoms with van der Waals surface area (Å²) in [5, 5.41) is 3.78. The highest BCUT2D eigenvalue weighted by atomic mass is 16.5. The Morgan fingerprint density at radius 3 is 3.07 bits per heavy atom. The summed E-state index contributed by atoms with van der Waals surface area (Å²) in [6.07, 6.45) is 0. The molecule has 1 aromatic heterocycles. The van der Waals surface area contributed by atoms with E-state index in [2.05, 4.69) is 15.6 Å². The largest absolute Gasteiger partial charge is 0.383 e. The predicted molar refractivity (Wildman–Crippen MR) is 51.8 cm³/mol. The molecule has 0 unspecified atom stereocenters. The van der Waals surface area contributed by atoms with E-state index in [0.717, 1.165) is 5.76 Å². The quantitative estimate of drug-likeness (QED) is 0.231. The summed E-state index contributed by atoms with van der Waals surface area (Å²) in [5.74, 6) is 6.51. The molecule has 6 nitrogen and oxygen atoms in total. The van der Waals surface area contributed by atoms with E-state index in [1.165, 1.54) is 0 Å². The smallest absolute Gasteiger partial charge is 0.165 e. The van der Waals surface area contributed by atoms with Crippen molar-refractivity contribution in [3.63, 3.8) is 0 Å². The zero-order valence-electron chi connectivity index (χ0n) is 8.28. The molecule has 0 aliphatic rings. The monoisotopic (exact) mass is 198 g/mol. The van der Waals surface area contributed by atoms with Crippen LogP contribution < -0.4 is 11.3 Å². The molecule has 0 radical (unpaired) electrons. The lowest BCUT2D eigenvalue weighted by atomic mass is 10.3. The Morgan fingerprint density at radius 1 is 1.79 bits per heavy atom. The lowest BCUT2D eigenvalue weighted by Crippen LogP contribution is -2.31. The highest BCUT2D eigenvalue weighted by Crippen LogP contribution is 2.01. The number of methoxy groups -OCH3 is 1. The van der Waals surface area contributed by atoms with Crippen LogP contribution in [0.5, 0.6) is 0 Å². The molecular formula is C8H14N4O2. The van der Waals surface area contributed by atoms with Gasteiger partial charge in [0.15, 0.2) is 5.84 Å². The van der Waals surface area contributed by atoms with Gasteiger partial charge in [0.1, 0.15) is 11.5 Å². The van der Waals surface area contributed by atoms with Gasteiger partial charge in [0, 0.05) is 13.2 Å². The van der Waals surface area contributed by atoms with Crippen molar-refractivity contribution >= 4 is 5.84 Å². The van der Waals surface area contributed by atoms with Crippen LogP contribution in [0, 0.1) is 6.92 Å². The van der Waals surface area contributed by atoms with E-state index in [0.29, 0.717) is 24.7 Å². The van der Waals surface area contributed by atoms with Crippen LogP contribution in [0.1, 0.15) is 11.5 Å². The van der Waals surface area contributed by atoms with Crippen molar-refractivity contribution < 1.29 is 9.26 Å². The van der Waals surface area contributed by atoms with Crippen molar-refractivity contribution in [2.24, 2.45) is 10.8 Å². The number of rotatable bonds is 4. The van der Waals surface area contributed by atoms with Gasteiger partial charge < -0.3 is 14.7 Å². The fourth-order valence-electron chi connectivity index (χ4n) is 0.927. The molecule has 14 heavy (non-hydrogen) atoms. The molecule has 78 valence electrons. The number of hydrogen-bond acceptors (Lipinski definition) is 5. The van der Waals surface area contributed by atoms with Crippen LogP contribution >= 0.6 is 0 Å². The van der Waals surface area contributed by atoms with Gasteiger partial charge in [0.25, 0.3) is 0 Å². The van der Waals surface area contributed by atoms with Gasteiger partial charge in [0.2, 0.25) is 0 Å². The minimum atomic E-state index is 0.499. The van der Waals surface area contributed by atoms with Crippen molar-refractivity contribution in [1.29, 1.82) is 0 Å². The topological polar surface area (TPSA) is 85.7 Å². The molecule has 0 bridgehead atoms. The summed E-state index contributed by atoms with van der Waals surface area (Å²) in [6.45, 7) is 2.88. The van der Waals surface area contributed by atoms with Crippen molar-refractivity contribution in [2.75, 3.05) is 20.3 Å². The molecule has 0 amide bonds. The number of nitrogens with one attached hydrogen (secondary N) is 1. The number of hydrazine groups is 1. The number of ether oxygens (including phenoxy) is 1. The van der Waals surface area contributed by atoms with Gasteiger partial charge in [-0.1, -0.05) is 5.16 Å². The van der Waals surface area contributed by atoms with Crippen LogP contribution in [0.25, 0.3) is 0 Å². The van der Waals surface area contributed by atoms with Crippen molar-refractivity contribution in [3.8, 4) is 0 Å². The first-order valence-corrected chi connectivity index (χ1v) is 4.21. The summed E-state index contributed by atoms with van der Waals surface area (Å²) < 4.78 is 9.75. The third kappa shape index (κ3) is 2.82. The van der Waals surface area contributed by atoms with Gasteiger partial charge in [-0.25, -0.2) is 5.84 Å². The first-order valence-electron chi connectivity index (χ1n) is 4.21. The Kier molecular flexibility index (Phi) is 4.09. The molecular weight excluding hydrogens is 184 g/mol. The molecule has 1 aromatic rings. The summed E-state index contributed by atoms with van der Waals surface area (Å²) in [7, 11) is 1.62. The summed E-state index contributed by atoms with van der Waals surface area (Å²) in [4.78, 5) is 4.15. The fraction of sp³-hybridized carbons (Fsp3) is 0.500. The van der Waals surface area contributed by atoms with E-state index >= 15 is 0 Å². The Bertz CT molecular complexity index is 308. The zero-order chi connectivity index (χ0) is 10.4. The van der Waals surface area contributed by atoms with Crippen LogP contribution in [0.2, 0.25) is 0 Å². The van der Waals surface area contributed by atoms with Gasteiger partial charge >= 0.3 is 0 Å². The summed E-state index contributed by atoms with van der Waals surface area (Å²) >= 11 is 0. The third-order valence-corrected chi connectivity index (χ3v) is 1.57. The molecule has 0 aliphatic carbocycles. The third-order valence-electron chi connectivity index (χ3n) is 1.57. The standard InChI is InChI=1S/C8H14N4O2/c1-6-5-7(12-14-6)8(11-9)10-3-4-13-2/h5H,3-4,9H2,1-2H3,(H,10,11). The maximum atomic E-state index is 5.29. The maximum absolute atomic E-state index is 5.29. The van der Waals surface area contributed by atoms with Crippen LogP contribution in [0.15, 0.2) is 15.6 Å². The van der Waals surface area contributed by atoms with Crippen LogP contribution in [-0.2, 0) is 4.74 Å². The number of aryl methyl sites for hydroxylation is 1. The van der Waals surface area contributed by atoms with E-state index in [1.807, 2.05) is 0 Å². The molecule has 0 spiro atoms. The average molecular weight is 198 g/mol. The maximum Gasteiger partial charge on any atom is 0.165 e. The zero-order valence-corrected chi connectivity index (χ0v) is 8.28.